The van der Waals surface area contributed by atoms with Gasteiger partial charge in [0.25, 0.3) is 0 Å². The number of aromatic nitrogens is 1. The fourth-order valence-electron chi connectivity index (χ4n) is 2.84. The van der Waals surface area contributed by atoms with Gasteiger partial charge < -0.3 is 15.5 Å². The number of piperidine rings is 1. The normalized spacial score (nSPS) is 16.8. The maximum absolute atomic E-state index is 4.57. The van der Waals surface area contributed by atoms with Gasteiger partial charge in [0, 0.05) is 31.1 Å². The zero-order valence-electron chi connectivity index (χ0n) is 15.4. The van der Waals surface area contributed by atoms with Gasteiger partial charge in [0.05, 0.1) is 12.2 Å². The van der Waals surface area contributed by atoms with Crippen molar-refractivity contribution in [2.24, 2.45) is 4.99 Å². The second-order valence-corrected chi connectivity index (χ2v) is 7.58. The van der Waals surface area contributed by atoms with Gasteiger partial charge in [0.2, 0.25) is 0 Å². The SMILES string of the molecule is CCCCN1CCC(NC(=NC)NCc2nc(C)c(C)s2)CC1.I. The molecule has 2 heterocycles. The highest BCUT2D eigenvalue weighted by molar-refractivity contribution is 14.0. The number of aliphatic imine (C=N–C) groups is 1. The van der Waals surface area contributed by atoms with Crippen molar-refractivity contribution >= 4 is 41.3 Å². The molecule has 0 bridgehead atoms. The summed E-state index contributed by atoms with van der Waals surface area (Å²) in [7, 11) is 1.84. The number of hydrogen-bond donors (Lipinski definition) is 2. The first kappa shape index (κ1) is 21.6. The van der Waals surface area contributed by atoms with Crippen LogP contribution in [0.2, 0.25) is 0 Å². The molecule has 1 aromatic heterocycles. The van der Waals surface area contributed by atoms with E-state index in [1.165, 1.54) is 50.2 Å². The quantitative estimate of drug-likeness (QED) is 0.385. The smallest absolute Gasteiger partial charge is 0.191 e. The minimum Gasteiger partial charge on any atom is -0.354 e. The molecule has 1 aliphatic rings. The van der Waals surface area contributed by atoms with E-state index >= 15 is 0 Å². The number of unbranched alkanes of at least 4 members (excludes halogenated alkanes) is 1. The van der Waals surface area contributed by atoms with E-state index in [1.54, 1.807) is 11.3 Å². The zero-order valence-corrected chi connectivity index (χ0v) is 18.5. The lowest BCUT2D eigenvalue weighted by atomic mass is 10.0. The number of guanidine groups is 1. The van der Waals surface area contributed by atoms with Gasteiger partial charge in [-0.25, -0.2) is 4.98 Å². The van der Waals surface area contributed by atoms with Crippen LogP contribution in [0.3, 0.4) is 0 Å². The average molecular weight is 465 g/mol. The third-order valence-electron chi connectivity index (χ3n) is 4.46. The second kappa shape index (κ2) is 11.3. The van der Waals surface area contributed by atoms with Crippen LogP contribution in [0.25, 0.3) is 0 Å². The van der Waals surface area contributed by atoms with E-state index in [2.05, 4.69) is 46.3 Å². The van der Waals surface area contributed by atoms with Crippen molar-refractivity contribution < 1.29 is 0 Å². The molecule has 2 N–H and O–H groups in total. The molecule has 0 aliphatic carbocycles. The molecule has 24 heavy (non-hydrogen) atoms. The lowest BCUT2D eigenvalue weighted by Crippen LogP contribution is -2.48. The molecule has 0 radical (unpaired) electrons. The third-order valence-corrected chi connectivity index (χ3v) is 5.53. The molecule has 0 atom stereocenters. The van der Waals surface area contributed by atoms with Crippen molar-refractivity contribution in [3.63, 3.8) is 0 Å². The summed E-state index contributed by atoms with van der Waals surface area (Å²) < 4.78 is 0. The van der Waals surface area contributed by atoms with Gasteiger partial charge in [0.1, 0.15) is 5.01 Å². The van der Waals surface area contributed by atoms with Crippen LogP contribution >= 0.6 is 35.3 Å². The molecule has 1 fully saturated rings. The van der Waals surface area contributed by atoms with Crippen LogP contribution in [0.5, 0.6) is 0 Å². The number of nitrogens with zero attached hydrogens (tertiary/aromatic N) is 3. The molecule has 0 unspecified atom stereocenters. The van der Waals surface area contributed by atoms with Crippen molar-refractivity contribution in [1.82, 2.24) is 20.5 Å². The van der Waals surface area contributed by atoms with Gasteiger partial charge in [-0.3, -0.25) is 4.99 Å². The van der Waals surface area contributed by atoms with Crippen LogP contribution in [-0.4, -0.2) is 48.6 Å². The van der Waals surface area contributed by atoms with E-state index in [-0.39, 0.29) is 24.0 Å². The van der Waals surface area contributed by atoms with Crippen molar-refractivity contribution in [3.8, 4) is 0 Å². The van der Waals surface area contributed by atoms with E-state index in [9.17, 15) is 0 Å². The average Bonchev–Trinajstić information content (AvgIpc) is 2.89. The van der Waals surface area contributed by atoms with Crippen LogP contribution in [0.1, 0.15) is 48.2 Å². The number of halogens is 1. The Morgan fingerprint density at radius 3 is 2.58 bits per heavy atom. The van der Waals surface area contributed by atoms with E-state index in [0.29, 0.717) is 6.04 Å². The van der Waals surface area contributed by atoms with Crippen LogP contribution in [0.15, 0.2) is 4.99 Å². The van der Waals surface area contributed by atoms with Gasteiger partial charge >= 0.3 is 0 Å². The number of nitrogens with one attached hydrogen (secondary N) is 2. The first-order chi connectivity index (χ1) is 11.1. The summed E-state index contributed by atoms with van der Waals surface area (Å²) in [6.07, 6.45) is 4.98. The van der Waals surface area contributed by atoms with E-state index in [0.717, 1.165) is 23.2 Å². The van der Waals surface area contributed by atoms with Gasteiger partial charge in [-0.2, -0.15) is 0 Å². The van der Waals surface area contributed by atoms with Crippen LogP contribution in [-0.2, 0) is 6.54 Å². The molecule has 1 aliphatic heterocycles. The number of thiazole rings is 1. The predicted octanol–water partition coefficient (Wildman–Crippen LogP) is 3.31. The molecular formula is C17H32IN5S. The molecule has 0 saturated carbocycles. The number of likely N-dealkylation sites (tertiary alicyclic amines) is 1. The number of hydrogen-bond acceptors (Lipinski definition) is 4. The van der Waals surface area contributed by atoms with Crippen molar-refractivity contribution in [1.29, 1.82) is 0 Å². The molecule has 7 heteroatoms. The Kier molecular flexibility index (Phi) is 10.1. The maximum atomic E-state index is 4.57. The Labute approximate surface area is 167 Å². The highest BCUT2D eigenvalue weighted by atomic mass is 127. The Morgan fingerprint density at radius 1 is 1.33 bits per heavy atom. The van der Waals surface area contributed by atoms with Gasteiger partial charge in [-0.1, -0.05) is 13.3 Å². The van der Waals surface area contributed by atoms with E-state index in [4.69, 9.17) is 0 Å². The largest absolute Gasteiger partial charge is 0.354 e. The van der Waals surface area contributed by atoms with Crippen molar-refractivity contribution in [2.45, 2.75) is 59.0 Å². The summed E-state index contributed by atoms with van der Waals surface area (Å²) >= 11 is 1.76. The van der Waals surface area contributed by atoms with E-state index in [1.807, 2.05) is 7.05 Å². The summed E-state index contributed by atoms with van der Waals surface area (Å²) in [6, 6.07) is 0.527. The first-order valence-electron chi connectivity index (χ1n) is 8.74. The Hall–Kier alpha value is -0.410. The lowest BCUT2D eigenvalue weighted by molar-refractivity contribution is 0.203. The van der Waals surface area contributed by atoms with Crippen LogP contribution in [0.4, 0.5) is 0 Å². The fraction of sp³-hybridized carbons (Fsp3) is 0.765. The highest BCUT2D eigenvalue weighted by Gasteiger charge is 2.19. The fourth-order valence-corrected chi connectivity index (χ4v) is 3.72. The molecule has 0 aromatic carbocycles. The molecule has 1 aromatic rings. The van der Waals surface area contributed by atoms with Crippen molar-refractivity contribution in [3.05, 3.63) is 15.6 Å². The standard InChI is InChI=1S/C17H31N5S.HI/c1-5-6-9-22-10-7-15(8-11-22)21-17(18-4)19-12-16-20-13(2)14(3)23-16;/h15H,5-12H2,1-4H3,(H2,18,19,21);1H. The summed E-state index contributed by atoms with van der Waals surface area (Å²) in [5.74, 6) is 0.891. The summed E-state index contributed by atoms with van der Waals surface area (Å²) in [6.45, 7) is 10.8. The Morgan fingerprint density at radius 2 is 2.04 bits per heavy atom. The van der Waals surface area contributed by atoms with Crippen LogP contribution < -0.4 is 10.6 Å². The molecule has 2 rings (SSSR count). The molecule has 5 nitrogen and oxygen atoms in total. The molecular weight excluding hydrogens is 433 g/mol. The first-order valence-corrected chi connectivity index (χ1v) is 9.56. The van der Waals surface area contributed by atoms with Crippen LogP contribution in [0, 0.1) is 13.8 Å². The summed E-state index contributed by atoms with van der Waals surface area (Å²) in [5.41, 5.74) is 1.13. The molecule has 138 valence electrons. The Balaban J connectivity index is 0.00000288. The number of rotatable bonds is 6. The Bertz CT molecular complexity index is 490. The monoisotopic (exact) mass is 465 g/mol. The van der Waals surface area contributed by atoms with Gasteiger partial charge in [-0.15, -0.1) is 35.3 Å². The van der Waals surface area contributed by atoms with E-state index < -0.39 is 0 Å². The minimum absolute atomic E-state index is 0. The minimum atomic E-state index is 0. The van der Waals surface area contributed by atoms with Gasteiger partial charge in [-0.05, 0) is 39.7 Å². The second-order valence-electron chi connectivity index (χ2n) is 6.29. The van der Waals surface area contributed by atoms with Crippen molar-refractivity contribution in [2.75, 3.05) is 26.7 Å². The topological polar surface area (TPSA) is 52.5 Å². The number of aryl methyl sites for hydroxylation is 2. The highest BCUT2D eigenvalue weighted by Crippen LogP contribution is 2.16. The maximum Gasteiger partial charge on any atom is 0.191 e. The lowest BCUT2D eigenvalue weighted by Gasteiger charge is -2.33. The predicted molar refractivity (Wildman–Crippen MR) is 115 cm³/mol. The summed E-state index contributed by atoms with van der Waals surface area (Å²) in [4.78, 5) is 12.8. The summed E-state index contributed by atoms with van der Waals surface area (Å²) in [5, 5.41) is 8.08. The molecule has 1 saturated heterocycles. The molecule has 0 spiro atoms. The molecule has 0 amide bonds. The third kappa shape index (κ3) is 6.84. The zero-order chi connectivity index (χ0) is 16.7. The van der Waals surface area contributed by atoms with Gasteiger partial charge in [0.15, 0.2) is 5.96 Å².